The Kier molecular flexibility index (Phi) is 31.6. The summed E-state index contributed by atoms with van der Waals surface area (Å²) < 4.78 is 0. The standard InChI is InChI=1S/C56H90N20O13/c1-29(2)43(53(88)89)75-48(83)39(15-9-23-66-55(61)62)70-46(81)37(13-6-7-21-57)69-47(82)38(14-8-22-65-54(59)60)72-52(87)44(30(3)78)76-49(84)40(16-10-24-67-56(63)64)71-50(85)41(25-31-17-19-33(79)20-18-31)74-51(86)42(73-45(80)35(58)28-77)26-32-27-68-36-12-5-4-11-34(32)36/h4-5,11-12,17-20,27,29-30,35,37-44,68,77-79H,6-10,13-16,21-26,28,57-58H2,1-3H3,(H,69,82)(H,70,81)(H,71,85)(H,72,87)(H,73,80)(H,74,86)(H,75,83)(H,76,84)(H,88,89)(H4,59,60,65)(H4,61,62,66)(H4,63,64,67)/t30-,35+,37+,38+,39+,40+,41+,42+,43+,44+/m1/s1. The Morgan fingerprint density at radius 1 is 0.517 bits per heavy atom. The minimum atomic E-state index is -1.86. The number of rotatable bonds is 40. The topological polar surface area (TPSA) is 592 Å². The molecule has 0 radical (unpaired) electrons. The van der Waals surface area contributed by atoms with Crippen LogP contribution in [0.15, 0.2) is 69.7 Å². The quantitative estimate of drug-likeness (QED) is 0.0143. The van der Waals surface area contributed by atoms with Crippen molar-refractivity contribution in [1.29, 1.82) is 0 Å². The second kappa shape index (κ2) is 38.0. The van der Waals surface area contributed by atoms with Crippen LogP contribution in [0.3, 0.4) is 0 Å². The van der Waals surface area contributed by atoms with Crippen LogP contribution in [0.5, 0.6) is 5.75 Å². The zero-order chi connectivity index (χ0) is 66.3. The average Bonchev–Trinajstić information content (AvgIpc) is 4.15. The Hall–Kier alpha value is -9.34. The Bertz CT molecular complexity index is 2910. The molecule has 0 saturated carbocycles. The second-order valence-electron chi connectivity index (χ2n) is 21.5. The fourth-order valence-corrected chi connectivity index (χ4v) is 9.02. The third-order valence-electron chi connectivity index (χ3n) is 13.9. The predicted octanol–water partition coefficient (Wildman–Crippen LogP) is -5.73. The van der Waals surface area contributed by atoms with Crippen LogP contribution in [0.1, 0.15) is 89.7 Å². The molecular formula is C56H90N20O13. The van der Waals surface area contributed by atoms with E-state index < -0.39 is 126 Å². The summed E-state index contributed by atoms with van der Waals surface area (Å²) in [6.07, 6.45) is -0.0949. The molecule has 0 saturated heterocycles. The van der Waals surface area contributed by atoms with Gasteiger partial charge >= 0.3 is 5.97 Å². The highest BCUT2D eigenvalue weighted by Gasteiger charge is 2.37. The van der Waals surface area contributed by atoms with Gasteiger partial charge < -0.3 is 114 Å². The van der Waals surface area contributed by atoms with Crippen molar-refractivity contribution in [3.63, 3.8) is 0 Å². The monoisotopic (exact) mass is 1250 g/mol. The summed E-state index contributed by atoms with van der Waals surface area (Å²) in [5.41, 5.74) is 46.5. The molecule has 29 N–H and O–H groups in total. The third-order valence-corrected chi connectivity index (χ3v) is 13.9. The van der Waals surface area contributed by atoms with E-state index in [1.54, 1.807) is 44.3 Å². The van der Waals surface area contributed by atoms with Gasteiger partial charge in [-0.05, 0) is 106 Å². The number of carboxylic acid groups (broad SMARTS) is 1. The van der Waals surface area contributed by atoms with Gasteiger partial charge in [-0.3, -0.25) is 53.3 Å². The SMILES string of the molecule is CC(C)[C@H](NC(=O)[C@H](CCCN=C(N)N)NC(=O)[C@H](CCCCN)NC(=O)[C@H](CCCN=C(N)N)NC(=O)[C@@H](NC(=O)[C@H](CCCN=C(N)N)NC(=O)[C@H](Cc1ccc(O)cc1)NC(=O)[C@H](Cc1c[nH]c2ccccc12)NC(=O)[C@@H](N)CO)[C@@H](C)O)C(=O)O. The molecule has 1 aromatic heterocycles. The lowest BCUT2D eigenvalue weighted by atomic mass is 10.0. The third kappa shape index (κ3) is 26.3. The second-order valence-corrected chi connectivity index (χ2v) is 21.5. The predicted molar refractivity (Wildman–Crippen MR) is 331 cm³/mol. The van der Waals surface area contributed by atoms with Gasteiger partial charge in [0.2, 0.25) is 47.3 Å². The number of aliphatic imine (C=N–C) groups is 3. The van der Waals surface area contributed by atoms with Crippen molar-refractivity contribution in [2.45, 2.75) is 152 Å². The number of phenols is 1. The van der Waals surface area contributed by atoms with E-state index in [0.717, 1.165) is 17.8 Å². The number of H-pyrrole nitrogens is 1. The molecule has 0 fully saturated rings. The van der Waals surface area contributed by atoms with Crippen molar-refractivity contribution >= 4 is 82.0 Å². The van der Waals surface area contributed by atoms with Crippen molar-refractivity contribution in [2.24, 2.45) is 66.8 Å². The van der Waals surface area contributed by atoms with Crippen molar-refractivity contribution in [3.05, 3.63) is 65.9 Å². The van der Waals surface area contributed by atoms with Crippen LogP contribution >= 0.6 is 0 Å². The van der Waals surface area contributed by atoms with Gasteiger partial charge in [0, 0.05) is 49.6 Å². The number of nitrogens with two attached hydrogens (primary N) is 8. The van der Waals surface area contributed by atoms with E-state index >= 15 is 0 Å². The van der Waals surface area contributed by atoms with Gasteiger partial charge in [0.1, 0.15) is 60.1 Å². The number of phenolic OH excluding ortho intramolecular Hbond substituents is 1. The molecular weight excluding hydrogens is 1160 g/mol. The highest BCUT2D eigenvalue weighted by molar-refractivity contribution is 5.99. The number of hydrogen-bond acceptors (Lipinski definition) is 17. The molecule has 3 rings (SSSR count). The molecule has 3 aromatic rings. The molecule has 0 spiro atoms. The van der Waals surface area contributed by atoms with Gasteiger partial charge in [-0.2, -0.15) is 0 Å². The van der Waals surface area contributed by atoms with Crippen LogP contribution in [-0.4, -0.2) is 190 Å². The first kappa shape index (κ1) is 73.9. The van der Waals surface area contributed by atoms with Crippen LogP contribution in [-0.2, 0) is 56.0 Å². The van der Waals surface area contributed by atoms with Crippen LogP contribution < -0.4 is 88.4 Å². The fourth-order valence-electron chi connectivity index (χ4n) is 9.02. The molecule has 8 amide bonds. The summed E-state index contributed by atoms with van der Waals surface area (Å²) in [4.78, 5) is 140. The highest BCUT2D eigenvalue weighted by Crippen LogP contribution is 2.20. The summed E-state index contributed by atoms with van der Waals surface area (Å²) >= 11 is 0. The largest absolute Gasteiger partial charge is 0.508 e. The Labute approximate surface area is 514 Å². The summed E-state index contributed by atoms with van der Waals surface area (Å²) in [5.74, 6) is -10.4. The lowest BCUT2D eigenvalue weighted by Gasteiger charge is -2.29. The smallest absolute Gasteiger partial charge is 0.326 e. The number of aliphatic hydroxyl groups is 2. The maximum absolute atomic E-state index is 14.7. The van der Waals surface area contributed by atoms with Gasteiger partial charge in [0.15, 0.2) is 17.9 Å². The normalized spacial score (nSPS) is 14.5. The molecule has 0 aliphatic carbocycles. The average molecular weight is 1250 g/mol. The summed E-state index contributed by atoms with van der Waals surface area (Å²) in [6.45, 7) is 3.70. The number of aromatic nitrogens is 1. The Balaban J connectivity index is 2.02. The highest BCUT2D eigenvalue weighted by atomic mass is 16.4. The van der Waals surface area contributed by atoms with E-state index in [-0.39, 0.29) is 114 Å². The molecule has 2 aromatic carbocycles. The van der Waals surface area contributed by atoms with E-state index in [2.05, 4.69) is 62.5 Å². The van der Waals surface area contributed by atoms with Crippen molar-refractivity contribution < 1.29 is 63.6 Å². The number of nitrogens with one attached hydrogen (secondary N) is 9. The van der Waals surface area contributed by atoms with E-state index in [4.69, 9.17) is 45.9 Å². The van der Waals surface area contributed by atoms with Crippen LogP contribution in [0.2, 0.25) is 0 Å². The van der Waals surface area contributed by atoms with Gasteiger partial charge in [-0.1, -0.05) is 44.2 Å². The molecule has 1 heterocycles. The van der Waals surface area contributed by atoms with E-state index in [1.807, 2.05) is 0 Å². The molecule has 0 bridgehead atoms. The molecule has 0 aliphatic heterocycles. The molecule has 492 valence electrons. The number of unbranched alkanes of at least 4 members (excludes halogenated alkanes) is 1. The minimum absolute atomic E-state index is 0.0306. The lowest BCUT2D eigenvalue weighted by molar-refractivity contribution is -0.143. The van der Waals surface area contributed by atoms with Gasteiger partial charge in [0.25, 0.3) is 0 Å². The van der Waals surface area contributed by atoms with E-state index in [0.29, 0.717) is 17.5 Å². The zero-order valence-electron chi connectivity index (χ0n) is 50.3. The molecule has 0 unspecified atom stereocenters. The maximum Gasteiger partial charge on any atom is 0.326 e. The number of guanidine groups is 3. The van der Waals surface area contributed by atoms with E-state index in [1.165, 1.54) is 24.3 Å². The first-order valence-corrected chi connectivity index (χ1v) is 29.0. The first-order valence-electron chi connectivity index (χ1n) is 29.0. The Morgan fingerprint density at radius 3 is 1.36 bits per heavy atom. The van der Waals surface area contributed by atoms with Crippen molar-refractivity contribution in [3.8, 4) is 5.75 Å². The van der Waals surface area contributed by atoms with Gasteiger partial charge in [0.05, 0.1) is 12.7 Å². The molecule has 10 atom stereocenters. The summed E-state index contributed by atoms with van der Waals surface area (Å²) in [6, 6.07) is -0.604. The number of aromatic amines is 1. The molecule has 33 nitrogen and oxygen atoms in total. The van der Waals surface area contributed by atoms with Crippen molar-refractivity contribution in [1.82, 2.24) is 47.5 Å². The Morgan fingerprint density at radius 2 is 0.921 bits per heavy atom. The van der Waals surface area contributed by atoms with Crippen molar-refractivity contribution in [2.75, 3.05) is 32.8 Å². The van der Waals surface area contributed by atoms with Crippen LogP contribution in [0.4, 0.5) is 0 Å². The first-order chi connectivity index (χ1) is 42.1. The number of carbonyl (C=O) groups is 9. The number of amides is 8. The number of hydrogen-bond donors (Lipinski definition) is 21. The molecule has 89 heavy (non-hydrogen) atoms. The van der Waals surface area contributed by atoms with Crippen LogP contribution in [0, 0.1) is 5.92 Å². The number of aromatic hydroxyl groups is 1. The van der Waals surface area contributed by atoms with Crippen LogP contribution in [0.25, 0.3) is 10.9 Å². The number of aliphatic hydroxyl groups excluding tert-OH is 2. The fraction of sp³-hybridized carbons (Fsp3) is 0.536. The number of benzene rings is 2. The summed E-state index contributed by atoms with van der Waals surface area (Å²) in [7, 11) is 0. The van der Waals surface area contributed by atoms with E-state index in [9.17, 15) is 63.6 Å². The lowest BCUT2D eigenvalue weighted by Crippen LogP contribution is -2.62. The number of aliphatic carboxylic acids is 1. The zero-order valence-corrected chi connectivity index (χ0v) is 50.3. The summed E-state index contributed by atoms with van der Waals surface area (Å²) in [5, 5.41) is 61.9. The van der Waals surface area contributed by atoms with Gasteiger partial charge in [-0.25, -0.2) is 4.79 Å². The number of carbonyl (C=O) groups excluding carboxylic acids is 8. The molecule has 33 heteroatoms. The number of nitrogens with zero attached hydrogens (tertiary/aromatic N) is 3. The van der Waals surface area contributed by atoms with Gasteiger partial charge in [-0.15, -0.1) is 0 Å². The minimum Gasteiger partial charge on any atom is -0.508 e. The maximum atomic E-state index is 14.7. The number of fused-ring (bicyclic) bond motifs is 1. The number of carboxylic acids is 1. The number of para-hydroxylation sites is 1. The molecule has 0 aliphatic rings.